The average Bonchev–Trinajstić information content (AvgIpc) is 3.19. The molecule has 1 saturated carbocycles. The van der Waals surface area contributed by atoms with Crippen LogP contribution in [0.2, 0.25) is 0 Å². The Labute approximate surface area is 352 Å². The van der Waals surface area contributed by atoms with Crippen LogP contribution < -0.4 is 0 Å². The second kappa shape index (κ2) is 39.4. The Bertz CT molecular complexity index is 942. The van der Waals surface area contributed by atoms with E-state index in [2.05, 4.69) is 52.0 Å². The summed E-state index contributed by atoms with van der Waals surface area (Å²) in [6.45, 7) is 8.77. The fraction of sp³-hybridized carbons (Fsp3) is 0.863. The van der Waals surface area contributed by atoms with E-state index in [-0.39, 0.29) is 23.8 Å². The van der Waals surface area contributed by atoms with Crippen molar-refractivity contribution >= 4 is 17.9 Å². The first kappa shape index (κ1) is 52.9. The van der Waals surface area contributed by atoms with Gasteiger partial charge in [-0.25, -0.2) is 0 Å². The second-order valence-electron chi connectivity index (χ2n) is 17.3. The molecular weight excluding hydrogens is 709 g/mol. The Morgan fingerprint density at radius 1 is 0.404 bits per heavy atom. The standard InChI is InChI=1S/C51H92O6/c1-5-9-12-14-16-18-20-22-24-26-28-30-32-34-36-40-49(52)55-46-42-47(44-48(43-46)57-51(54)45(38-8-4)39-11-7-3)56-50(53)41-37-35-33-31-29-27-25-23-21-19-17-15-13-10-6-2/h22-25,45-48H,5-21,26-44H2,1-4H3/b24-22-,25-23-. The third kappa shape index (κ3) is 32.4. The minimum absolute atomic E-state index is 0.110. The van der Waals surface area contributed by atoms with Gasteiger partial charge in [-0.05, 0) is 77.0 Å². The van der Waals surface area contributed by atoms with Crippen molar-refractivity contribution in [3.05, 3.63) is 24.3 Å². The van der Waals surface area contributed by atoms with Crippen molar-refractivity contribution < 1.29 is 28.6 Å². The number of hydrogen-bond acceptors (Lipinski definition) is 6. The fourth-order valence-electron chi connectivity index (χ4n) is 8.07. The molecule has 0 N–H and O–H groups in total. The SMILES string of the molecule is CCCCCCCC/C=C\CCCCCCCC(=O)OC1CC(OC(=O)CCCCCCC/C=C\CCCCCCCC)CC(OC(=O)C(CCC)CCCC)C1. The molecule has 1 aliphatic rings. The summed E-state index contributed by atoms with van der Waals surface area (Å²) in [6, 6.07) is 0. The van der Waals surface area contributed by atoms with Gasteiger partial charge in [0, 0.05) is 32.1 Å². The lowest BCUT2D eigenvalue weighted by Gasteiger charge is -2.34. The van der Waals surface area contributed by atoms with E-state index in [1.54, 1.807) is 0 Å². The second-order valence-corrected chi connectivity index (χ2v) is 17.3. The van der Waals surface area contributed by atoms with Crippen LogP contribution in [0, 0.1) is 5.92 Å². The number of hydrogen-bond donors (Lipinski definition) is 0. The maximum absolute atomic E-state index is 13.3. The molecule has 0 aliphatic heterocycles. The van der Waals surface area contributed by atoms with Gasteiger partial charge in [-0.1, -0.05) is 174 Å². The summed E-state index contributed by atoms with van der Waals surface area (Å²) in [5.74, 6) is -0.667. The molecule has 0 heterocycles. The van der Waals surface area contributed by atoms with Gasteiger partial charge in [0.25, 0.3) is 0 Å². The summed E-state index contributed by atoms with van der Waals surface area (Å²) in [4.78, 5) is 39.1. The maximum atomic E-state index is 13.3. The van der Waals surface area contributed by atoms with E-state index < -0.39 is 18.3 Å². The Morgan fingerprint density at radius 3 is 1.11 bits per heavy atom. The molecule has 3 unspecified atom stereocenters. The van der Waals surface area contributed by atoms with Crippen molar-refractivity contribution in [3.63, 3.8) is 0 Å². The normalized spacial score (nSPS) is 17.6. The Hall–Kier alpha value is -2.11. The zero-order valence-electron chi connectivity index (χ0n) is 38.0. The fourth-order valence-corrected chi connectivity index (χ4v) is 8.07. The quantitative estimate of drug-likeness (QED) is 0.0267. The molecule has 1 aliphatic carbocycles. The summed E-state index contributed by atoms with van der Waals surface area (Å²) in [7, 11) is 0. The Morgan fingerprint density at radius 2 is 0.737 bits per heavy atom. The number of allylic oxidation sites excluding steroid dienone is 4. The number of rotatable bonds is 39. The van der Waals surface area contributed by atoms with Gasteiger partial charge in [-0.2, -0.15) is 0 Å². The molecule has 0 aromatic rings. The smallest absolute Gasteiger partial charge is 0.309 e. The van der Waals surface area contributed by atoms with Gasteiger partial charge in [0.1, 0.15) is 18.3 Å². The topological polar surface area (TPSA) is 78.9 Å². The predicted octanol–water partition coefficient (Wildman–Crippen LogP) is 15.6. The number of esters is 3. The number of unbranched alkanes of at least 4 members (excludes halogenated alkanes) is 23. The van der Waals surface area contributed by atoms with Crippen LogP contribution >= 0.6 is 0 Å². The first-order valence-electron chi connectivity index (χ1n) is 24.8. The van der Waals surface area contributed by atoms with E-state index in [1.807, 2.05) is 0 Å². The molecule has 3 atom stereocenters. The summed E-state index contributed by atoms with van der Waals surface area (Å²) in [6.07, 6.45) is 46.6. The van der Waals surface area contributed by atoms with Crippen molar-refractivity contribution in [2.24, 2.45) is 5.92 Å². The highest BCUT2D eigenvalue weighted by Gasteiger charge is 2.36. The highest BCUT2D eigenvalue weighted by atomic mass is 16.6. The molecule has 1 rings (SSSR count). The van der Waals surface area contributed by atoms with E-state index in [9.17, 15) is 14.4 Å². The molecule has 0 aromatic heterocycles. The molecule has 0 saturated heterocycles. The molecule has 0 bridgehead atoms. The molecule has 0 aromatic carbocycles. The molecule has 6 heteroatoms. The van der Waals surface area contributed by atoms with E-state index in [0.717, 1.165) is 83.5 Å². The molecule has 332 valence electrons. The van der Waals surface area contributed by atoms with Crippen LogP contribution in [0.25, 0.3) is 0 Å². The van der Waals surface area contributed by atoms with Gasteiger partial charge in [-0.3, -0.25) is 14.4 Å². The summed E-state index contributed by atoms with van der Waals surface area (Å²) in [5.41, 5.74) is 0. The van der Waals surface area contributed by atoms with Crippen molar-refractivity contribution in [3.8, 4) is 0 Å². The van der Waals surface area contributed by atoms with Crippen LogP contribution in [0.5, 0.6) is 0 Å². The summed E-state index contributed by atoms with van der Waals surface area (Å²) in [5, 5.41) is 0. The van der Waals surface area contributed by atoms with Gasteiger partial charge >= 0.3 is 17.9 Å². The van der Waals surface area contributed by atoms with Crippen LogP contribution in [-0.2, 0) is 28.6 Å². The van der Waals surface area contributed by atoms with Gasteiger partial charge in [0.15, 0.2) is 0 Å². The van der Waals surface area contributed by atoms with Gasteiger partial charge in [0.2, 0.25) is 0 Å². The first-order valence-corrected chi connectivity index (χ1v) is 24.8. The minimum atomic E-state index is -0.414. The zero-order chi connectivity index (χ0) is 41.4. The van der Waals surface area contributed by atoms with E-state index >= 15 is 0 Å². The van der Waals surface area contributed by atoms with Crippen molar-refractivity contribution in [1.82, 2.24) is 0 Å². The van der Waals surface area contributed by atoms with Crippen molar-refractivity contribution in [1.29, 1.82) is 0 Å². The van der Waals surface area contributed by atoms with E-state index in [1.165, 1.54) is 116 Å². The predicted molar refractivity (Wildman–Crippen MR) is 240 cm³/mol. The third-order valence-corrected chi connectivity index (χ3v) is 11.6. The van der Waals surface area contributed by atoms with Crippen LogP contribution in [0.15, 0.2) is 24.3 Å². The van der Waals surface area contributed by atoms with E-state index in [4.69, 9.17) is 14.2 Å². The molecule has 0 amide bonds. The lowest BCUT2D eigenvalue weighted by atomic mass is 9.91. The molecule has 57 heavy (non-hydrogen) atoms. The minimum Gasteiger partial charge on any atom is -0.462 e. The lowest BCUT2D eigenvalue weighted by molar-refractivity contribution is -0.172. The van der Waals surface area contributed by atoms with E-state index in [0.29, 0.717) is 32.1 Å². The number of carbonyl (C=O) groups is 3. The highest BCUT2D eigenvalue weighted by molar-refractivity contribution is 5.73. The molecular formula is C51H92O6. The van der Waals surface area contributed by atoms with Gasteiger partial charge in [-0.15, -0.1) is 0 Å². The monoisotopic (exact) mass is 801 g/mol. The molecule has 0 radical (unpaired) electrons. The van der Waals surface area contributed by atoms with Crippen LogP contribution in [-0.4, -0.2) is 36.2 Å². The highest BCUT2D eigenvalue weighted by Crippen LogP contribution is 2.29. The van der Waals surface area contributed by atoms with Gasteiger partial charge in [0.05, 0.1) is 5.92 Å². The van der Waals surface area contributed by atoms with Crippen LogP contribution in [0.4, 0.5) is 0 Å². The summed E-state index contributed by atoms with van der Waals surface area (Å²) >= 11 is 0. The Balaban J connectivity index is 2.42. The third-order valence-electron chi connectivity index (χ3n) is 11.6. The zero-order valence-corrected chi connectivity index (χ0v) is 38.0. The van der Waals surface area contributed by atoms with Crippen molar-refractivity contribution in [2.45, 2.75) is 277 Å². The lowest BCUT2D eigenvalue weighted by Crippen LogP contribution is -2.40. The Kier molecular flexibility index (Phi) is 36.5. The maximum Gasteiger partial charge on any atom is 0.309 e. The number of carbonyl (C=O) groups excluding carboxylic acids is 3. The average molecular weight is 801 g/mol. The van der Waals surface area contributed by atoms with Gasteiger partial charge < -0.3 is 14.2 Å². The van der Waals surface area contributed by atoms with Crippen LogP contribution in [0.1, 0.15) is 259 Å². The molecule has 1 fully saturated rings. The largest absolute Gasteiger partial charge is 0.462 e. The number of ether oxygens (including phenoxy) is 3. The molecule has 0 spiro atoms. The summed E-state index contributed by atoms with van der Waals surface area (Å²) < 4.78 is 18.0. The van der Waals surface area contributed by atoms with Crippen LogP contribution in [0.3, 0.4) is 0 Å². The molecule has 6 nitrogen and oxygen atoms in total. The van der Waals surface area contributed by atoms with Crippen molar-refractivity contribution in [2.75, 3.05) is 0 Å². The first-order chi connectivity index (χ1) is 27.9.